The molecule has 0 fully saturated rings. The summed E-state index contributed by atoms with van der Waals surface area (Å²) in [6.45, 7) is 0. The van der Waals surface area contributed by atoms with Gasteiger partial charge in [0.2, 0.25) is 0 Å². The Bertz CT molecular complexity index is 1120. The number of non-ortho nitro benzene ring substituents is 1. The maximum absolute atomic E-state index is 12.7. The van der Waals surface area contributed by atoms with E-state index in [-0.39, 0.29) is 16.3 Å². The van der Waals surface area contributed by atoms with E-state index in [4.69, 9.17) is 0 Å². The molecule has 3 rings (SSSR count). The fraction of sp³-hybridized carbons (Fsp3) is 0. The summed E-state index contributed by atoms with van der Waals surface area (Å²) in [6.07, 6.45) is 3.24. The number of rotatable bonds is 6. The molecule has 6 nitrogen and oxygen atoms in total. The second kappa shape index (κ2) is 8.41. The lowest BCUT2D eigenvalue weighted by Crippen LogP contribution is -2.04. The van der Waals surface area contributed by atoms with Gasteiger partial charge in [-0.3, -0.25) is 10.1 Å². The standard InChI is InChI=1S/C21H16N2O4S/c24-23(25)19-14-11-17(12-15-19)13-16-21(18-7-3-1-4-8-18)22-28(26,27)20-9-5-2-6-10-20/h1-16H/b16-13+,22-21-. The number of sulfonamides is 1. The molecule has 0 heterocycles. The zero-order valence-corrected chi connectivity index (χ0v) is 15.5. The number of nitrogens with zero attached hydrogens (tertiary/aromatic N) is 2. The van der Waals surface area contributed by atoms with Crippen LogP contribution in [-0.2, 0) is 10.0 Å². The first kappa shape index (κ1) is 19.2. The molecule has 0 spiro atoms. The van der Waals surface area contributed by atoms with Gasteiger partial charge < -0.3 is 0 Å². The van der Waals surface area contributed by atoms with E-state index in [1.807, 2.05) is 6.07 Å². The normalized spacial score (nSPS) is 12.2. The van der Waals surface area contributed by atoms with Crippen molar-refractivity contribution in [3.8, 4) is 0 Å². The van der Waals surface area contributed by atoms with E-state index in [1.54, 1.807) is 66.7 Å². The van der Waals surface area contributed by atoms with E-state index in [2.05, 4.69) is 4.40 Å². The Morgan fingerprint density at radius 1 is 0.857 bits per heavy atom. The van der Waals surface area contributed by atoms with Gasteiger partial charge in [0.15, 0.2) is 0 Å². The second-order valence-corrected chi connectivity index (χ2v) is 7.42. The Balaban J connectivity index is 2.00. The minimum absolute atomic E-state index is 0.0132. The van der Waals surface area contributed by atoms with Crippen LogP contribution in [0.2, 0.25) is 0 Å². The number of benzene rings is 3. The summed E-state index contributed by atoms with van der Waals surface area (Å²) in [4.78, 5) is 10.4. The molecule has 0 N–H and O–H groups in total. The Morgan fingerprint density at radius 2 is 1.43 bits per heavy atom. The van der Waals surface area contributed by atoms with Gasteiger partial charge in [-0.05, 0) is 35.9 Å². The van der Waals surface area contributed by atoms with Gasteiger partial charge in [0.25, 0.3) is 15.7 Å². The summed E-state index contributed by atoms with van der Waals surface area (Å²) in [7, 11) is -3.88. The van der Waals surface area contributed by atoms with Crippen molar-refractivity contribution in [3.05, 3.63) is 112 Å². The highest BCUT2D eigenvalue weighted by atomic mass is 32.2. The summed E-state index contributed by atoms with van der Waals surface area (Å²) >= 11 is 0. The predicted octanol–water partition coefficient (Wildman–Crippen LogP) is 4.49. The van der Waals surface area contributed by atoms with Crippen molar-refractivity contribution in [3.63, 3.8) is 0 Å². The van der Waals surface area contributed by atoms with Gasteiger partial charge in [-0.25, -0.2) is 0 Å². The molecule has 0 radical (unpaired) electrons. The average molecular weight is 392 g/mol. The lowest BCUT2D eigenvalue weighted by Gasteiger charge is -2.04. The number of hydrogen-bond acceptors (Lipinski definition) is 4. The highest BCUT2D eigenvalue weighted by Crippen LogP contribution is 2.16. The number of allylic oxidation sites excluding steroid dienone is 1. The van der Waals surface area contributed by atoms with Crippen LogP contribution in [0, 0.1) is 10.1 Å². The molecule has 7 heteroatoms. The molecular weight excluding hydrogens is 376 g/mol. The average Bonchev–Trinajstić information content (AvgIpc) is 2.72. The highest BCUT2D eigenvalue weighted by molar-refractivity contribution is 7.90. The van der Waals surface area contributed by atoms with Crippen LogP contribution in [0.3, 0.4) is 0 Å². The molecule has 0 saturated carbocycles. The van der Waals surface area contributed by atoms with Crippen molar-refractivity contribution in [1.29, 1.82) is 0 Å². The minimum Gasteiger partial charge on any atom is -0.258 e. The van der Waals surface area contributed by atoms with Gasteiger partial charge in [0.1, 0.15) is 0 Å². The number of nitro groups is 1. The second-order valence-electron chi connectivity index (χ2n) is 5.81. The third-order valence-electron chi connectivity index (χ3n) is 3.87. The van der Waals surface area contributed by atoms with Gasteiger partial charge in [-0.15, -0.1) is 0 Å². The van der Waals surface area contributed by atoms with E-state index >= 15 is 0 Å². The molecule has 0 unspecified atom stereocenters. The molecule has 0 aliphatic heterocycles. The van der Waals surface area contributed by atoms with Crippen molar-refractivity contribution in [2.75, 3.05) is 0 Å². The van der Waals surface area contributed by atoms with E-state index in [1.165, 1.54) is 24.3 Å². The highest BCUT2D eigenvalue weighted by Gasteiger charge is 2.14. The van der Waals surface area contributed by atoms with E-state index < -0.39 is 14.9 Å². The number of hydrogen-bond donors (Lipinski definition) is 0. The summed E-state index contributed by atoms with van der Waals surface area (Å²) < 4.78 is 29.3. The van der Waals surface area contributed by atoms with Crippen LogP contribution < -0.4 is 0 Å². The summed E-state index contributed by atoms with van der Waals surface area (Å²) in [5, 5.41) is 10.8. The smallest absolute Gasteiger partial charge is 0.258 e. The Labute approximate surface area is 162 Å². The van der Waals surface area contributed by atoms with Crippen LogP contribution in [-0.4, -0.2) is 19.1 Å². The Kier molecular flexibility index (Phi) is 5.76. The first-order valence-electron chi connectivity index (χ1n) is 8.34. The summed E-state index contributed by atoms with van der Waals surface area (Å²) in [5.74, 6) is 0. The largest absolute Gasteiger partial charge is 0.282 e. The first-order valence-corrected chi connectivity index (χ1v) is 9.78. The zero-order chi connectivity index (χ0) is 20.0. The molecule has 3 aromatic rings. The van der Waals surface area contributed by atoms with Crippen LogP contribution >= 0.6 is 0 Å². The lowest BCUT2D eigenvalue weighted by molar-refractivity contribution is -0.384. The molecule has 0 saturated heterocycles. The molecule has 0 aliphatic rings. The van der Waals surface area contributed by atoms with E-state index in [0.717, 1.165) is 0 Å². The molecule has 3 aromatic carbocycles. The minimum atomic E-state index is -3.88. The Hall–Kier alpha value is -3.58. The van der Waals surface area contributed by atoms with Crippen LogP contribution in [0.1, 0.15) is 11.1 Å². The van der Waals surface area contributed by atoms with Crippen molar-refractivity contribution in [1.82, 2.24) is 0 Å². The molecule has 28 heavy (non-hydrogen) atoms. The number of nitro benzene ring substituents is 1. The molecule has 0 aliphatic carbocycles. The monoisotopic (exact) mass is 392 g/mol. The van der Waals surface area contributed by atoms with E-state index in [9.17, 15) is 18.5 Å². The third kappa shape index (κ3) is 4.77. The molecule has 0 amide bonds. The van der Waals surface area contributed by atoms with Gasteiger partial charge in [-0.1, -0.05) is 54.6 Å². The zero-order valence-electron chi connectivity index (χ0n) is 14.7. The van der Waals surface area contributed by atoms with Crippen molar-refractivity contribution in [2.24, 2.45) is 4.40 Å². The van der Waals surface area contributed by atoms with Crippen LogP contribution in [0.5, 0.6) is 0 Å². The first-order chi connectivity index (χ1) is 13.5. The van der Waals surface area contributed by atoms with Crippen molar-refractivity contribution < 1.29 is 13.3 Å². The molecule has 0 bridgehead atoms. The van der Waals surface area contributed by atoms with Crippen LogP contribution in [0.15, 0.2) is 100 Å². The van der Waals surface area contributed by atoms with Crippen LogP contribution in [0.4, 0.5) is 5.69 Å². The van der Waals surface area contributed by atoms with E-state index in [0.29, 0.717) is 11.1 Å². The fourth-order valence-corrected chi connectivity index (χ4v) is 3.48. The van der Waals surface area contributed by atoms with Crippen molar-refractivity contribution in [2.45, 2.75) is 4.90 Å². The summed E-state index contributed by atoms with van der Waals surface area (Å²) in [5.41, 5.74) is 1.58. The SMILES string of the molecule is O=[N+]([O-])c1ccc(/C=C/C(=N/S(=O)(=O)c2ccccc2)c2ccccc2)cc1. The quantitative estimate of drug-likeness (QED) is 0.351. The Morgan fingerprint density at radius 3 is 2.00 bits per heavy atom. The van der Waals surface area contributed by atoms with Gasteiger partial charge in [0, 0.05) is 17.7 Å². The maximum atomic E-state index is 12.7. The fourth-order valence-electron chi connectivity index (χ4n) is 2.45. The molecule has 0 aromatic heterocycles. The van der Waals surface area contributed by atoms with Crippen LogP contribution in [0.25, 0.3) is 6.08 Å². The molecule has 140 valence electrons. The maximum Gasteiger partial charge on any atom is 0.282 e. The summed E-state index contributed by atoms with van der Waals surface area (Å²) in [6, 6.07) is 22.9. The van der Waals surface area contributed by atoms with Crippen molar-refractivity contribution >= 4 is 27.5 Å². The predicted molar refractivity (Wildman–Crippen MR) is 109 cm³/mol. The molecule has 0 atom stereocenters. The van der Waals surface area contributed by atoms with Gasteiger partial charge in [-0.2, -0.15) is 12.8 Å². The topological polar surface area (TPSA) is 89.6 Å². The lowest BCUT2D eigenvalue weighted by atomic mass is 10.1. The van der Waals surface area contributed by atoms with Gasteiger partial charge in [0.05, 0.1) is 15.5 Å². The van der Waals surface area contributed by atoms with Gasteiger partial charge >= 0.3 is 0 Å². The molecular formula is C21H16N2O4S. The third-order valence-corrected chi connectivity index (χ3v) is 5.17.